The first-order valence-electron chi connectivity index (χ1n) is 11.1. The number of hydrogen-bond acceptors (Lipinski definition) is 8. The van der Waals surface area contributed by atoms with Gasteiger partial charge in [-0.3, -0.25) is 9.59 Å². The quantitative estimate of drug-likeness (QED) is 0.250. The average Bonchev–Trinajstić information content (AvgIpc) is 2.87. The number of carbonyl (C=O) groups is 2. The number of methoxy groups -OCH3 is 4. The smallest absolute Gasteiger partial charge is 0.248 e. The summed E-state index contributed by atoms with van der Waals surface area (Å²) < 4.78 is 21.4. The first kappa shape index (κ1) is 27.5. The first-order valence-corrected chi connectivity index (χ1v) is 11.1. The van der Waals surface area contributed by atoms with Gasteiger partial charge in [0.15, 0.2) is 0 Å². The fourth-order valence-electron chi connectivity index (χ4n) is 3.29. The molecule has 0 saturated carbocycles. The second-order valence-corrected chi connectivity index (χ2v) is 7.56. The van der Waals surface area contributed by atoms with E-state index < -0.39 is 11.9 Å². The summed E-state index contributed by atoms with van der Waals surface area (Å²) in [6.45, 7) is 0.552. The van der Waals surface area contributed by atoms with Gasteiger partial charge >= 0.3 is 0 Å². The first-order chi connectivity index (χ1) is 16.9. The molecule has 1 atom stereocenters. The van der Waals surface area contributed by atoms with Crippen molar-refractivity contribution < 1.29 is 28.5 Å². The van der Waals surface area contributed by atoms with Crippen LogP contribution in [0.15, 0.2) is 36.4 Å². The third kappa shape index (κ3) is 7.90. The summed E-state index contributed by atoms with van der Waals surface area (Å²) in [4.78, 5) is 25.1. The van der Waals surface area contributed by atoms with E-state index >= 15 is 0 Å². The van der Waals surface area contributed by atoms with E-state index in [1.54, 1.807) is 36.4 Å². The van der Waals surface area contributed by atoms with E-state index in [4.69, 9.17) is 30.4 Å². The standard InChI is InChI=1S/C25H34N4O6/c1-32-17-14-22(34-3)18(23(15-17)35-4)9-11-24(30)28-16-8-10-21(33-2)20(13-16)29-25(31)19(27)7-5-6-12-26/h8-11,13-15,19H,5-7,12,26-27H2,1-4H3,(H,28,30)(H,29,31)/b11-9+. The Morgan fingerprint density at radius 1 is 0.914 bits per heavy atom. The van der Waals surface area contributed by atoms with E-state index in [0.29, 0.717) is 52.9 Å². The molecule has 0 radical (unpaired) electrons. The number of anilines is 2. The SMILES string of the molecule is COc1cc(OC)c(/C=C/C(=O)Nc2ccc(OC)c(NC(=O)C(N)CCCCN)c2)c(OC)c1. The molecule has 0 aromatic heterocycles. The molecular weight excluding hydrogens is 452 g/mol. The molecule has 190 valence electrons. The van der Waals surface area contributed by atoms with Gasteiger partial charge in [0.2, 0.25) is 11.8 Å². The van der Waals surface area contributed by atoms with Gasteiger partial charge in [-0.1, -0.05) is 6.42 Å². The number of unbranched alkanes of at least 4 members (excludes halogenated alkanes) is 1. The Morgan fingerprint density at radius 3 is 2.14 bits per heavy atom. The van der Waals surface area contributed by atoms with Gasteiger partial charge in [-0.15, -0.1) is 0 Å². The van der Waals surface area contributed by atoms with Crippen molar-refractivity contribution in [1.29, 1.82) is 0 Å². The zero-order valence-corrected chi connectivity index (χ0v) is 20.6. The molecule has 10 nitrogen and oxygen atoms in total. The van der Waals surface area contributed by atoms with Crippen LogP contribution in [0, 0.1) is 0 Å². The summed E-state index contributed by atoms with van der Waals surface area (Å²) in [5, 5.41) is 5.53. The second kappa shape index (κ2) is 13.8. The maximum Gasteiger partial charge on any atom is 0.248 e. The Bertz CT molecular complexity index is 1020. The van der Waals surface area contributed by atoms with Crippen molar-refractivity contribution in [2.45, 2.75) is 25.3 Å². The van der Waals surface area contributed by atoms with Crippen molar-refractivity contribution in [3.63, 3.8) is 0 Å². The Morgan fingerprint density at radius 2 is 1.57 bits per heavy atom. The lowest BCUT2D eigenvalue weighted by atomic mass is 10.1. The Hall–Kier alpha value is -3.76. The number of nitrogens with two attached hydrogens (primary N) is 2. The molecule has 0 aliphatic rings. The van der Waals surface area contributed by atoms with Crippen molar-refractivity contribution in [1.82, 2.24) is 0 Å². The van der Waals surface area contributed by atoms with Crippen LogP contribution < -0.4 is 41.0 Å². The van der Waals surface area contributed by atoms with Crippen LogP contribution in [0.1, 0.15) is 24.8 Å². The zero-order chi connectivity index (χ0) is 25.8. The summed E-state index contributed by atoms with van der Waals surface area (Å²) in [6, 6.07) is 7.62. The topological polar surface area (TPSA) is 147 Å². The summed E-state index contributed by atoms with van der Waals surface area (Å²) in [7, 11) is 6.06. The minimum atomic E-state index is -0.679. The summed E-state index contributed by atoms with van der Waals surface area (Å²) in [5.74, 6) is 1.24. The molecule has 2 amide bonds. The van der Waals surface area contributed by atoms with Crippen LogP contribution in [0.4, 0.5) is 11.4 Å². The molecule has 2 aromatic carbocycles. The van der Waals surface area contributed by atoms with Crippen LogP contribution in [-0.4, -0.2) is 52.8 Å². The van der Waals surface area contributed by atoms with Crippen LogP contribution in [0.5, 0.6) is 23.0 Å². The van der Waals surface area contributed by atoms with E-state index in [0.717, 1.165) is 12.8 Å². The van der Waals surface area contributed by atoms with E-state index in [1.165, 1.54) is 34.5 Å². The molecule has 6 N–H and O–H groups in total. The molecule has 0 bridgehead atoms. The number of hydrogen-bond donors (Lipinski definition) is 4. The fraction of sp³-hybridized carbons (Fsp3) is 0.360. The van der Waals surface area contributed by atoms with Crippen molar-refractivity contribution in [3.05, 3.63) is 42.0 Å². The van der Waals surface area contributed by atoms with Crippen LogP contribution in [0.25, 0.3) is 6.08 Å². The number of benzene rings is 2. The van der Waals surface area contributed by atoms with E-state index in [2.05, 4.69) is 10.6 Å². The summed E-state index contributed by atoms with van der Waals surface area (Å²) in [5.41, 5.74) is 12.9. The van der Waals surface area contributed by atoms with Gasteiger partial charge < -0.3 is 41.0 Å². The molecule has 1 unspecified atom stereocenters. The number of nitrogens with one attached hydrogen (secondary N) is 2. The number of carbonyl (C=O) groups excluding carboxylic acids is 2. The molecule has 0 aliphatic carbocycles. The van der Waals surface area contributed by atoms with Crippen LogP contribution >= 0.6 is 0 Å². The highest BCUT2D eigenvalue weighted by Crippen LogP contribution is 2.35. The average molecular weight is 487 g/mol. The van der Waals surface area contributed by atoms with Gasteiger partial charge in [0.05, 0.1) is 45.7 Å². The largest absolute Gasteiger partial charge is 0.496 e. The van der Waals surface area contributed by atoms with Gasteiger partial charge in [-0.25, -0.2) is 0 Å². The summed E-state index contributed by atoms with van der Waals surface area (Å²) >= 11 is 0. The van der Waals surface area contributed by atoms with Gasteiger partial charge in [0.25, 0.3) is 0 Å². The molecule has 10 heteroatoms. The molecule has 35 heavy (non-hydrogen) atoms. The van der Waals surface area contributed by atoms with Gasteiger partial charge in [0.1, 0.15) is 23.0 Å². The highest BCUT2D eigenvalue weighted by atomic mass is 16.5. The highest BCUT2D eigenvalue weighted by molar-refractivity contribution is 6.03. The van der Waals surface area contributed by atoms with Crippen molar-refractivity contribution in [2.24, 2.45) is 11.5 Å². The maximum absolute atomic E-state index is 12.6. The van der Waals surface area contributed by atoms with Gasteiger partial charge in [-0.05, 0) is 43.7 Å². The lowest BCUT2D eigenvalue weighted by Crippen LogP contribution is -2.35. The molecule has 2 rings (SSSR count). The monoisotopic (exact) mass is 486 g/mol. The molecule has 0 fully saturated rings. The fourth-order valence-corrected chi connectivity index (χ4v) is 3.29. The molecule has 0 spiro atoms. The van der Waals surface area contributed by atoms with Crippen molar-refractivity contribution in [3.8, 4) is 23.0 Å². The third-order valence-electron chi connectivity index (χ3n) is 5.19. The summed E-state index contributed by atoms with van der Waals surface area (Å²) in [6.07, 6.45) is 5.01. The molecule has 2 aromatic rings. The Balaban J connectivity index is 2.15. The molecule has 0 heterocycles. The van der Waals surface area contributed by atoms with Crippen molar-refractivity contribution >= 4 is 29.3 Å². The number of amides is 2. The normalized spacial score (nSPS) is 11.6. The second-order valence-electron chi connectivity index (χ2n) is 7.56. The third-order valence-corrected chi connectivity index (χ3v) is 5.19. The zero-order valence-electron chi connectivity index (χ0n) is 20.6. The van der Waals surface area contributed by atoms with Crippen LogP contribution in [0.2, 0.25) is 0 Å². The number of rotatable bonds is 13. The predicted octanol–water partition coefficient (Wildman–Crippen LogP) is 2.77. The number of ether oxygens (including phenoxy) is 4. The maximum atomic E-state index is 12.6. The predicted molar refractivity (Wildman–Crippen MR) is 136 cm³/mol. The highest BCUT2D eigenvalue weighted by Gasteiger charge is 2.16. The Kier molecular flexibility index (Phi) is 10.9. The Labute approximate surface area is 205 Å². The molecule has 0 aliphatic heterocycles. The van der Waals surface area contributed by atoms with Crippen LogP contribution in [0.3, 0.4) is 0 Å². The van der Waals surface area contributed by atoms with E-state index in [1.807, 2.05) is 0 Å². The van der Waals surface area contributed by atoms with E-state index in [-0.39, 0.29) is 5.91 Å². The van der Waals surface area contributed by atoms with Crippen molar-refractivity contribution in [2.75, 3.05) is 45.6 Å². The lowest BCUT2D eigenvalue weighted by molar-refractivity contribution is -0.117. The minimum Gasteiger partial charge on any atom is -0.496 e. The van der Waals surface area contributed by atoms with Crippen LogP contribution in [-0.2, 0) is 9.59 Å². The van der Waals surface area contributed by atoms with Gasteiger partial charge in [-0.2, -0.15) is 0 Å². The molecular formula is C25H34N4O6. The van der Waals surface area contributed by atoms with E-state index in [9.17, 15) is 9.59 Å². The lowest BCUT2D eigenvalue weighted by Gasteiger charge is -2.15. The van der Waals surface area contributed by atoms with Gasteiger partial charge in [0, 0.05) is 23.9 Å². The molecule has 0 saturated heterocycles. The minimum absolute atomic E-state index is 0.345.